The Kier molecular flexibility index (Phi) is 8.40. The fourth-order valence-electron chi connectivity index (χ4n) is 4.66. The maximum atomic E-state index is 2.43. The number of fused-ring (bicyclic) bond motifs is 3. The Labute approximate surface area is 189 Å². The second-order valence-corrected chi connectivity index (χ2v) is 7.67. The van der Waals surface area contributed by atoms with E-state index in [-0.39, 0.29) is 51.0 Å². The Hall–Kier alpha value is -0.357. The zero-order chi connectivity index (χ0) is 16.1. The van der Waals surface area contributed by atoms with E-state index in [0.717, 1.165) is 0 Å². The van der Waals surface area contributed by atoms with Crippen LogP contribution >= 0.6 is 0 Å². The SMILES string of the molecule is Cc1ccc2c(c1)C(C1=C(C(C)C)CCC1)c1cc(C)ccc1-2.[Cl-].[Cl-].[Zr+2]. The molecule has 4 rings (SSSR count). The van der Waals surface area contributed by atoms with Gasteiger partial charge in [-0.15, -0.1) is 0 Å². The molecule has 0 saturated carbocycles. The molecule has 0 bridgehead atoms. The molecule has 0 heterocycles. The second kappa shape index (κ2) is 9.22. The minimum atomic E-state index is 0. The third-order valence-electron chi connectivity index (χ3n) is 5.68. The first-order chi connectivity index (χ1) is 11.1. The monoisotopic (exact) mass is 462 g/mol. The maximum absolute atomic E-state index is 2.43. The van der Waals surface area contributed by atoms with Gasteiger partial charge in [-0.05, 0) is 61.3 Å². The first-order valence-electron chi connectivity index (χ1n) is 8.99. The quantitative estimate of drug-likeness (QED) is 0.570. The number of rotatable bonds is 2. The van der Waals surface area contributed by atoms with Crippen molar-refractivity contribution in [3.05, 3.63) is 69.8 Å². The summed E-state index contributed by atoms with van der Waals surface area (Å²) in [5.74, 6) is 1.18. The molecule has 0 fully saturated rings. The van der Waals surface area contributed by atoms with Gasteiger partial charge in [-0.2, -0.15) is 0 Å². The molecule has 0 aromatic heterocycles. The molecule has 3 heteroatoms. The fourth-order valence-corrected chi connectivity index (χ4v) is 4.66. The van der Waals surface area contributed by atoms with Crippen LogP contribution in [0.2, 0.25) is 0 Å². The topological polar surface area (TPSA) is 0 Å². The van der Waals surface area contributed by atoms with Crippen LogP contribution in [0.15, 0.2) is 47.5 Å². The zero-order valence-electron chi connectivity index (χ0n) is 16.0. The van der Waals surface area contributed by atoms with Crippen molar-refractivity contribution in [3.8, 4) is 11.1 Å². The van der Waals surface area contributed by atoms with Crippen LogP contribution < -0.4 is 24.8 Å². The molecule has 2 aromatic rings. The van der Waals surface area contributed by atoms with Gasteiger partial charge < -0.3 is 24.8 Å². The summed E-state index contributed by atoms with van der Waals surface area (Å²) in [4.78, 5) is 0. The van der Waals surface area contributed by atoms with E-state index in [1.165, 1.54) is 41.5 Å². The maximum Gasteiger partial charge on any atom is 2.00 e. The minimum absolute atomic E-state index is 0. The van der Waals surface area contributed by atoms with Crippen molar-refractivity contribution in [2.45, 2.75) is 52.9 Å². The van der Waals surface area contributed by atoms with Gasteiger partial charge in [0, 0.05) is 5.92 Å². The predicted molar refractivity (Wildman–Crippen MR) is 98.9 cm³/mol. The summed E-state index contributed by atoms with van der Waals surface area (Å²) in [6, 6.07) is 14.1. The summed E-state index contributed by atoms with van der Waals surface area (Å²) in [6.07, 6.45) is 3.91. The first kappa shape index (κ1) is 23.7. The molecule has 0 nitrogen and oxygen atoms in total. The Bertz CT molecular complexity index is 769. The third-order valence-corrected chi connectivity index (χ3v) is 5.68. The minimum Gasteiger partial charge on any atom is -1.00 e. The average molecular weight is 465 g/mol. The molecule has 0 N–H and O–H groups in total. The summed E-state index contributed by atoms with van der Waals surface area (Å²) in [6.45, 7) is 9.17. The van der Waals surface area contributed by atoms with E-state index in [1.807, 2.05) is 0 Å². The van der Waals surface area contributed by atoms with Crippen molar-refractivity contribution < 1.29 is 51.0 Å². The van der Waals surface area contributed by atoms with Crippen molar-refractivity contribution in [3.63, 3.8) is 0 Å². The molecule has 136 valence electrons. The van der Waals surface area contributed by atoms with Crippen LogP contribution in [-0.4, -0.2) is 0 Å². The van der Waals surface area contributed by atoms with E-state index in [2.05, 4.69) is 64.1 Å². The average Bonchev–Trinajstić information content (AvgIpc) is 3.08. The van der Waals surface area contributed by atoms with Crippen molar-refractivity contribution in [2.24, 2.45) is 5.92 Å². The van der Waals surface area contributed by atoms with Gasteiger partial charge in [0.15, 0.2) is 0 Å². The van der Waals surface area contributed by atoms with Gasteiger partial charge in [0.2, 0.25) is 0 Å². The van der Waals surface area contributed by atoms with Gasteiger partial charge in [-0.3, -0.25) is 0 Å². The largest absolute Gasteiger partial charge is 2.00 e. The van der Waals surface area contributed by atoms with Gasteiger partial charge >= 0.3 is 26.2 Å². The molecular formula is C23H26Cl2Zr. The number of hydrogen-bond acceptors (Lipinski definition) is 0. The number of allylic oxidation sites excluding steroid dienone is 2. The third kappa shape index (κ3) is 3.92. The molecule has 0 radical (unpaired) electrons. The molecule has 0 atom stereocenters. The Morgan fingerprint density at radius 1 is 0.808 bits per heavy atom. The van der Waals surface area contributed by atoms with Gasteiger partial charge in [0.25, 0.3) is 0 Å². The number of halogens is 2. The number of aryl methyl sites for hydroxylation is 2. The molecule has 0 spiro atoms. The van der Waals surface area contributed by atoms with Crippen LogP contribution in [0.5, 0.6) is 0 Å². The van der Waals surface area contributed by atoms with Crippen molar-refractivity contribution in [1.29, 1.82) is 0 Å². The summed E-state index contributed by atoms with van der Waals surface area (Å²) in [5.41, 5.74) is 12.2. The second-order valence-electron chi connectivity index (χ2n) is 7.67. The fraction of sp³-hybridized carbons (Fsp3) is 0.391. The first-order valence-corrected chi connectivity index (χ1v) is 8.99. The van der Waals surface area contributed by atoms with E-state index in [9.17, 15) is 0 Å². The van der Waals surface area contributed by atoms with Crippen LogP contribution in [0, 0.1) is 19.8 Å². The molecular weight excluding hydrogens is 438 g/mol. The van der Waals surface area contributed by atoms with Crippen molar-refractivity contribution in [1.82, 2.24) is 0 Å². The molecule has 0 amide bonds. The summed E-state index contributed by atoms with van der Waals surface area (Å²) in [7, 11) is 0. The normalized spacial score (nSPS) is 15.1. The standard InChI is InChI=1S/C23H26.2ClH.Zr/c1-14(2)17-6-5-7-20(17)23-21-12-15(3)8-10-18(21)19-11-9-16(4)13-22(19)23;;;/h8-14,23H,5-7H2,1-4H3;2*1H;/q;;;+2/p-2. The van der Waals surface area contributed by atoms with Gasteiger partial charge in [-0.25, -0.2) is 0 Å². The zero-order valence-corrected chi connectivity index (χ0v) is 20.0. The van der Waals surface area contributed by atoms with Crippen LogP contribution in [0.25, 0.3) is 11.1 Å². The van der Waals surface area contributed by atoms with Gasteiger partial charge in [0.1, 0.15) is 0 Å². The summed E-state index contributed by atoms with van der Waals surface area (Å²) < 4.78 is 0. The van der Waals surface area contributed by atoms with Crippen molar-refractivity contribution in [2.75, 3.05) is 0 Å². The predicted octanol–water partition coefficient (Wildman–Crippen LogP) is 0.558. The Morgan fingerprint density at radius 3 is 1.77 bits per heavy atom. The molecule has 0 aliphatic heterocycles. The summed E-state index contributed by atoms with van der Waals surface area (Å²) >= 11 is 0. The van der Waals surface area contributed by atoms with E-state index in [4.69, 9.17) is 0 Å². The van der Waals surface area contributed by atoms with E-state index in [0.29, 0.717) is 11.8 Å². The molecule has 0 saturated heterocycles. The molecule has 0 unspecified atom stereocenters. The van der Waals surface area contributed by atoms with Crippen LogP contribution in [0.3, 0.4) is 0 Å². The number of hydrogen-bond donors (Lipinski definition) is 0. The van der Waals surface area contributed by atoms with Crippen molar-refractivity contribution >= 4 is 0 Å². The van der Waals surface area contributed by atoms with E-state index < -0.39 is 0 Å². The molecule has 2 aliphatic rings. The molecule has 26 heavy (non-hydrogen) atoms. The van der Waals surface area contributed by atoms with E-state index in [1.54, 1.807) is 22.3 Å². The molecule has 2 aliphatic carbocycles. The number of benzene rings is 2. The Balaban J connectivity index is 0.00000113. The molecule has 2 aromatic carbocycles. The smallest absolute Gasteiger partial charge is 1.00 e. The van der Waals surface area contributed by atoms with Crippen LogP contribution in [0.1, 0.15) is 61.3 Å². The van der Waals surface area contributed by atoms with Crippen LogP contribution in [-0.2, 0) is 26.2 Å². The summed E-state index contributed by atoms with van der Waals surface area (Å²) in [5, 5.41) is 0. The van der Waals surface area contributed by atoms with Gasteiger partial charge in [-0.1, -0.05) is 72.5 Å². The van der Waals surface area contributed by atoms with E-state index >= 15 is 0 Å². The van der Waals surface area contributed by atoms with Gasteiger partial charge in [0.05, 0.1) is 0 Å². The van der Waals surface area contributed by atoms with Crippen LogP contribution in [0.4, 0.5) is 0 Å². The Morgan fingerprint density at radius 2 is 1.31 bits per heavy atom.